The Hall–Kier alpha value is -3.26. The van der Waals surface area contributed by atoms with Gasteiger partial charge in [0.1, 0.15) is 6.17 Å². The first kappa shape index (κ1) is 21.3. The lowest BCUT2D eigenvalue weighted by Gasteiger charge is -2.51. The number of benzene rings is 4. The molecule has 4 aromatic carbocycles. The lowest BCUT2D eigenvalue weighted by atomic mass is 9.54. The van der Waals surface area contributed by atoms with Crippen LogP contribution in [0.4, 0.5) is 17.1 Å². The van der Waals surface area contributed by atoms with Crippen LogP contribution in [0, 0.1) is 6.92 Å². The van der Waals surface area contributed by atoms with Crippen LogP contribution in [0.3, 0.4) is 0 Å². The third-order valence-corrected chi connectivity index (χ3v) is 9.11. The standard InChI is InChI=1S/C32H34N2/c1-20-16-18-25-24-19-17-22-12-8-9-13-23(22)28(24)31(3,4)32(5,6)29(25)30(20)34-21(2)33(7)26-14-10-11-15-27(26)34/h8-19,21H,1-7H3/t21-/m0/s1. The summed E-state index contributed by atoms with van der Waals surface area (Å²) in [4.78, 5) is 4.98. The van der Waals surface area contributed by atoms with Crippen LogP contribution in [0.1, 0.15) is 51.3 Å². The van der Waals surface area contributed by atoms with Crippen molar-refractivity contribution in [1.29, 1.82) is 0 Å². The van der Waals surface area contributed by atoms with Gasteiger partial charge in [0, 0.05) is 17.9 Å². The molecule has 0 saturated carbocycles. The number of fused-ring (bicyclic) bond motifs is 6. The van der Waals surface area contributed by atoms with Crippen molar-refractivity contribution < 1.29 is 0 Å². The van der Waals surface area contributed by atoms with Crippen molar-refractivity contribution >= 4 is 27.8 Å². The van der Waals surface area contributed by atoms with Crippen molar-refractivity contribution in [2.24, 2.45) is 0 Å². The van der Waals surface area contributed by atoms with Crippen LogP contribution in [0.5, 0.6) is 0 Å². The normalized spacial score (nSPS) is 19.7. The molecule has 0 bridgehead atoms. The van der Waals surface area contributed by atoms with Gasteiger partial charge in [-0.25, -0.2) is 0 Å². The molecule has 0 unspecified atom stereocenters. The Labute approximate surface area is 203 Å². The summed E-state index contributed by atoms with van der Waals surface area (Å²) < 4.78 is 0. The first-order valence-corrected chi connectivity index (χ1v) is 12.4. The number of aryl methyl sites for hydroxylation is 1. The highest BCUT2D eigenvalue weighted by Crippen LogP contribution is 2.60. The summed E-state index contributed by atoms with van der Waals surface area (Å²) in [6, 6.07) is 27.1. The fourth-order valence-electron chi connectivity index (χ4n) is 6.51. The van der Waals surface area contributed by atoms with Gasteiger partial charge in [0.25, 0.3) is 0 Å². The molecule has 2 nitrogen and oxygen atoms in total. The van der Waals surface area contributed by atoms with Gasteiger partial charge in [0.05, 0.1) is 17.1 Å². The van der Waals surface area contributed by atoms with Crippen molar-refractivity contribution in [1.82, 2.24) is 0 Å². The molecule has 1 atom stereocenters. The molecule has 172 valence electrons. The highest BCUT2D eigenvalue weighted by molar-refractivity contribution is 5.98. The fourth-order valence-corrected chi connectivity index (χ4v) is 6.51. The Morgan fingerprint density at radius 3 is 2.03 bits per heavy atom. The second-order valence-corrected chi connectivity index (χ2v) is 11.2. The Morgan fingerprint density at radius 2 is 1.26 bits per heavy atom. The quantitative estimate of drug-likeness (QED) is 0.290. The van der Waals surface area contributed by atoms with E-state index in [-0.39, 0.29) is 17.0 Å². The van der Waals surface area contributed by atoms with Crippen molar-refractivity contribution in [3.8, 4) is 11.1 Å². The second kappa shape index (κ2) is 6.88. The number of hydrogen-bond donors (Lipinski definition) is 0. The van der Waals surface area contributed by atoms with Crippen molar-refractivity contribution in [2.75, 3.05) is 16.8 Å². The first-order chi connectivity index (χ1) is 16.2. The maximum absolute atomic E-state index is 2.58. The van der Waals surface area contributed by atoms with E-state index >= 15 is 0 Å². The summed E-state index contributed by atoms with van der Waals surface area (Å²) in [7, 11) is 2.21. The number of hydrogen-bond acceptors (Lipinski definition) is 2. The van der Waals surface area contributed by atoms with Gasteiger partial charge < -0.3 is 9.80 Å². The maximum atomic E-state index is 2.58. The van der Waals surface area contributed by atoms with Gasteiger partial charge in [-0.15, -0.1) is 0 Å². The zero-order valence-electron chi connectivity index (χ0n) is 21.4. The van der Waals surface area contributed by atoms with Gasteiger partial charge in [-0.05, 0) is 64.6 Å². The SMILES string of the molecule is Cc1ccc2c(c1N1c3ccccc3N(C)[C@@H]1C)C(C)(C)C(C)(C)c1c-2ccc2ccccc12. The molecule has 34 heavy (non-hydrogen) atoms. The third kappa shape index (κ3) is 2.52. The van der Waals surface area contributed by atoms with E-state index in [1.165, 1.54) is 55.7 Å². The van der Waals surface area contributed by atoms with Gasteiger partial charge in [-0.2, -0.15) is 0 Å². The monoisotopic (exact) mass is 446 g/mol. The van der Waals surface area contributed by atoms with Gasteiger partial charge in [-0.3, -0.25) is 0 Å². The van der Waals surface area contributed by atoms with Gasteiger partial charge >= 0.3 is 0 Å². The van der Waals surface area contributed by atoms with Crippen LogP contribution >= 0.6 is 0 Å². The Bertz CT molecular complexity index is 1460. The average molecular weight is 447 g/mol. The molecule has 0 aromatic heterocycles. The number of rotatable bonds is 1. The molecular formula is C32H34N2. The van der Waals surface area contributed by atoms with E-state index in [1.807, 2.05) is 0 Å². The lowest BCUT2D eigenvalue weighted by molar-refractivity contribution is 0.301. The lowest BCUT2D eigenvalue weighted by Crippen LogP contribution is -2.46. The number of anilines is 3. The molecule has 0 saturated heterocycles. The van der Waals surface area contributed by atoms with Crippen LogP contribution in [0.15, 0.2) is 72.8 Å². The van der Waals surface area contributed by atoms with E-state index in [9.17, 15) is 0 Å². The zero-order chi connectivity index (χ0) is 24.0. The maximum Gasteiger partial charge on any atom is 0.103 e. The van der Waals surface area contributed by atoms with Crippen LogP contribution in [-0.2, 0) is 10.8 Å². The minimum absolute atomic E-state index is 0.0485. The molecule has 0 spiro atoms. The zero-order valence-corrected chi connectivity index (χ0v) is 21.4. The summed E-state index contributed by atoms with van der Waals surface area (Å²) in [5.74, 6) is 0. The van der Waals surface area contributed by atoms with Gasteiger partial charge in [0.2, 0.25) is 0 Å². The predicted octanol–water partition coefficient (Wildman–Crippen LogP) is 8.32. The van der Waals surface area contributed by atoms with E-state index in [0.717, 1.165) is 0 Å². The van der Waals surface area contributed by atoms with Crippen LogP contribution in [0.2, 0.25) is 0 Å². The van der Waals surface area contributed by atoms with E-state index in [2.05, 4.69) is 131 Å². The molecule has 0 N–H and O–H groups in total. The molecule has 4 aromatic rings. The van der Waals surface area contributed by atoms with E-state index in [0.29, 0.717) is 0 Å². The van der Waals surface area contributed by atoms with Gasteiger partial charge in [0.15, 0.2) is 0 Å². The number of para-hydroxylation sites is 2. The predicted molar refractivity (Wildman–Crippen MR) is 147 cm³/mol. The van der Waals surface area contributed by atoms with Gasteiger partial charge in [-0.1, -0.05) is 88.4 Å². The Morgan fingerprint density at radius 1 is 0.676 bits per heavy atom. The van der Waals surface area contributed by atoms with Crippen molar-refractivity contribution in [2.45, 2.75) is 58.5 Å². The molecule has 0 amide bonds. The minimum Gasteiger partial charge on any atom is -0.353 e. The van der Waals surface area contributed by atoms with Crippen LogP contribution in [-0.4, -0.2) is 13.2 Å². The summed E-state index contributed by atoms with van der Waals surface area (Å²) in [6.45, 7) is 14.4. The van der Waals surface area contributed by atoms with E-state index in [4.69, 9.17) is 0 Å². The molecule has 1 aliphatic heterocycles. The summed E-state index contributed by atoms with van der Waals surface area (Å²) in [5, 5.41) is 2.70. The highest BCUT2D eigenvalue weighted by atomic mass is 15.4. The molecule has 6 rings (SSSR count). The minimum atomic E-state index is -0.0728. The average Bonchev–Trinajstić information content (AvgIpc) is 3.07. The van der Waals surface area contributed by atoms with E-state index in [1.54, 1.807) is 0 Å². The summed E-state index contributed by atoms with van der Waals surface area (Å²) in [5.41, 5.74) is 10.9. The van der Waals surface area contributed by atoms with Crippen LogP contribution in [0.25, 0.3) is 21.9 Å². The molecule has 2 heteroatoms. The van der Waals surface area contributed by atoms with Crippen molar-refractivity contribution in [3.05, 3.63) is 89.5 Å². The number of nitrogens with zero attached hydrogens (tertiary/aromatic N) is 2. The summed E-state index contributed by atoms with van der Waals surface area (Å²) >= 11 is 0. The van der Waals surface area contributed by atoms with Crippen LogP contribution < -0.4 is 9.80 Å². The largest absolute Gasteiger partial charge is 0.353 e. The molecule has 0 fully saturated rings. The summed E-state index contributed by atoms with van der Waals surface area (Å²) in [6.07, 6.45) is 0.250. The smallest absolute Gasteiger partial charge is 0.103 e. The van der Waals surface area contributed by atoms with Crippen molar-refractivity contribution in [3.63, 3.8) is 0 Å². The first-order valence-electron chi connectivity index (χ1n) is 12.4. The second-order valence-electron chi connectivity index (χ2n) is 11.2. The molecule has 2 aliphatic rings. The van der Waals surface area contributed by atoms with E-state index < -0.39 is 0 Å². The third-order valence-electron chi connectivity index (χ3n) is 9.11. The Kier molecular flexibility index (Phi) is 4.31. The Balaban J connectivity index is 1.72. The topological polar surface area (TPSA) is 6.48 Å². The molecule has 0 radical (unpaired) electrons. The molecule has 1 aliphatic carbocycles. The molecule has 1 heterocycles. The fraction of sp³-hybridized carbons (Fsp3) is 0.312. The highest BCUT2D eigenvalue weighted by Gasteiger charge is 2.49. The molecular weight excluding hydrogens is 412 g/mol.